The summed E-state index contributed by atoms with van der Waals surface area (Å²) in [5.41, 5.74) is 4.95. The SMILES string of the molecule is Cn1c(CNc2ccc(C(=O)N3CCCn4nc(C#N)cc4C3)cc2)nc2ccccc21. The van der Waals surface area contributed by atoms with Crippen LogP contribution in [0.1, 0.15) is 34.0 Å². The third kappa shape index (κ3) is 3.69. The van der Waals surface area contributed by atoms with Crippen LogP contribution in [0.15, 0.2) is 54.6 Å². The van der Waals surface area contributed by atoms with Crippen molar-refractivity contribution < 1.29 is 4.79 Å². The number of nitrogens with zero attached hydrogens (tertiary/aromatic N) is 6. The van der Waals surface area contributed by atoms with Crippen LogP contribution in [-0.2, 0) is 26.7 Å². The second-order valence-electron chi connectivity index (χ2n) is 7.94. The fourth-order valence-corrected chi connectivity index (χ4v) is 4.14. The molecule has 160 valence electrons. The quantitative estimate of drug-likeness (QED) is 0.542. The van der Waals surface area contributed by atoms with E-state index in [-0.39, 0.29) is 5.91 Å². The average Bonchev–Trinajstić information content (AvgIpc) is 3.30. The summed E-state index contributed by atoms with van der Waals surface area (Å²) in [4.78, 5) is 19.6. The normalized spacial score (nSPS) is 13.4. The van der Waals surface area contributed by atoms with Crippen molar-refractivity contribution >= 4 is 22.6 Å². The molecule has 0 saturated heterocycles. The molecule has 1 aliphatic heterocycles. The minimum Gasteiger partial charge on any atom is -0.378 e. The molecular formula is C24H23N7O. The number of hydrogen-bond donors (Lipinski definition) is 1. The van der Waals surface area contributed by atoms with Gasteiger partial charge in [0.2, 0.25) is 0 Å². The van der Waals surface area contributed by atoms with Crippen LogP contribution in [0.25, 0.3) is 11.0 Å². The van der Waals surface area contributed by atoms with Gasteiger partial charge >= 0.3 is 0 Å². The van der Waals surface area contributed by atoms with Crippen molar-refractivity contribution in [3.05, 3.63) is 77.4 Å². The van der Waals surface area contributed by atoms with E-state index in [2.05, 4.69) is 32.1 Å². The molecule has 0 atom stereocenters. The van der Waals surface area contributed by atoms with Crippen LogP contribution in [0, 0.1) is 11.3 Å². The monoisotopic (exact) mass is 425 g/mol. The van der Waals surface area contributed by atoms with Gasteiger partial charge in [0.1, 0.15) is 11.9 Å². The predicted molar refractivity (Wildman–Crippen MR) is 121 cm³/mol. The third-order valence-corrected chi connectivity index (χ3v) is 5.88. The van der Waals surface area contributed by atoms with Crippen LogP contribution in [-0.4, -0.2) is 36.7 Å². The molecule has 0 fully saturated rings. The molecule has 0 spiro atoms. The maximum Gasteiger partial charge on any atom is 0.254 e. The van der Waals surface area contributed by atoms with Crippen LogP contribution < -0.4 is 5.32 Å². The fourth-order valence-electron chi connectivity index (χ4n) is 4.14. The Bertz CT molecular complexity index is 1330. The summed E-state index contributed by atoms with van der Waals surface area (Å²) in [6.45, 7) is 2.43. The van der Waals surface area contributed by atoms with E-state index in [0.717, 1.165) is 34.7 Å². The number of rotatable bonds is 4. The highest BCUT2D eigenvalue weighted by molar-refractivity contribution is 5.94. The topological polar surface area (TPSA) is 91.8 Å². The van der Waals surface area contributed by atoms with Gasteiger partial charge in [-0.25, -0.2) is 4.98 Å². The van der Waals surface area contributed by atoms with Crippen molar-refractivity contribution in [3.8, 4) is 6.07 Å². The maximum absolute atomic E-state index is 13.1. The largest absolute Gasteiger partial charge is 0.378 e. The Hall–Kier alpha value is -4.12. The van der Waals surface area contributed by atoms with E-state index >= 15 is 0 Å². The molecule has 2 aromatic heterocycles. The number of nitrogens with one attached hydrogen (secondary N) is 1. The highest BCUT2D eigenvalue weighted by Crippen LogP contribution is 2.19. The third-order valence-electron chi connectivity index (χ3n) is 5.88. The highest BCUT2D eigenvalue weighted by Gasteiger charge is 2.21. The van der Waals surface area contributed by atoms with Gasteiger partial charge in [0, 0.05) is 31.4 Å². The van der Waals surface area contributed by atoms with Crippen molar-refractivity contribution in [3.63, 3.8) is 0 Å². The van der Waals surface area contributed by atoms with E-state index in [1.165, 1.54) is 0 Å². The standard InChI is InChI=1S/C24H23N7O/c1-29-22-6-3-2-5-21(22)27-23(29)15-26-18-9-7-17(8-10-18)24(32)30-11-4-12-31-20(16-30)13-19(14-25)28-31/h2-3,5-10,13,26H,4,11-12,15-16H2,1H3. The summed E-state index contributed by atoms with van der Waals surface area (Å²) in [5.74, 6) is 0.935. The van der Waals surface area contributed by atoms with Gasteiger partial charge in [-0.05, 0) is 48.9 Å². The Balaban J connectivity index is 1.26. The number of benzene rings is 2. The summed E-state index contributed by atoms with van der Waals surface area (Å²) < 4.78 is 3.92. The number of para-hydroxylation sites is 2. The van der Waals surface area contributed by atoms with Crippen molar-refractivity contribution in [1.82, 2.24) is 24.2 Å². The van der Waals surface area contributed by atoms with E-state index < -0.39 is 0 Å². The first-order valence-electron chi connectivity index (χ1n) is 10.6. The molecule has 2 aromatic carbocycles. The molecule has 0 unspecified atom stereocenters. The van der Waals surface area contributed by atoms with Crippen LogP contribution in [0.3, 0.4) is 0 Å². The number of hydrogen-bond acceptors (Lipinski definition) is 5. The van der Waals surface area contributed by atoms with Gasteiger partial charge in [0.15, 0.2) is 5.69 Å². The zero-order valence-electron chi connectivity index (χ0n) is 17.8. The lowest BCUT2D eigenvalue weighted by Gasteiger charge is -2.20. The Morgan fingerprint density at radius 2 is 1.97 bits per heavy atom. The van der Waals surface area contributed by atoms with Crippen LogP contribution in [0.5, 0.6) is 0 Å². The molecule has 1 amide bonds. The number of anilines is 1. The van der Waals surface area contributed by atoms with Crippen LogP contribution in [0.4, 0.5) is 5.69 Å². The van der Waals surface area contributed by atoms with Crippen LogP contribution >= 0.6 is 0 Å². The van der Waals surface area contributed by atoms with Gasteiger partial charge in [-0.1, -0.05) is 12.1 Å². The highest BCUT2D eigenvalue weighted by atomic mass is 16.2. The molecule has 8 heteroatoms. The van der Waals surface area contributed by atoms with Gasteiger partial charge in [-0.15, -0.1) is 0 Å². The lowest BCUT2D eigenvalue weighted by molar-refractivity contribution is 0.0746. The van der Waals surface area contributed by atoms with E-state index in [1.807, 2.05) is 59.1 Å². The van der Waals surface area contributed by atoms with E-state index in [4.69, 9.17) is 5.26 Å². The molecule has 0 radical (unpaired) electrons. The van der Waals surface area contributed by atoms with Crippen molar-refractivity contribution in [2.75, 3.05) is 11.9 Å². The zero-order valence-corrected chi connectivity index (χ0v) is 17.8. The van der Waals surface area contributed by atoms with Crippen molar-refractivity contribution in [1.29, 1.82) is 5.26 Å². The summed E-state index contributed by atoms with van der Waals surface area (Å²) in [7, 11) is 2.01. The van der Waals surface area contributed by atoms with E-state index in [1.54, 1.807) is 6.07 Å². The first-order chi connectivity index (χ1) is 15.6. The number of carbonyl (C=O) groups excluding carboxylic acids is 1. The summed E-state index contributed by atoms with van der Waals surface area (Å²) >= 11 is 0. The van der Waals surface area contributed by atoms with Crippen molar-refractivity contribution in [2.24, 2.45) is 7.05 Å². The van der Waals surface area contributed by atoms with Gasteiger partial charge in [-0.3, -0.25) is 9.48 Å². The van der Waals surface area contributed by atoms with E-state index in [0.29, 0.717) is 37.4 Å². The number of carbonyl (C=O) groups is 1. The minimum absolute atomic E-state index is 0.0138. The Morgan fingerprint density at radius 1 is 1.16 bits per heavy atom. The number of aryl methyl sites for hydroxylation is 2. The lowest BCUT2D eigenvalue weighted by atomic mass is 10.1. The second kappa shape index (κ2) is 8.19. The summed E-state index contributed by atoms with van der Waals surface area (Å²) in [5, 5.41) is 16.8. The first-order valence-corrected chi connectivity index (χ1v) is 10.6. The first kappa shape index (κ1) is 19.8. The average molecular weight is 425 g/mol. The van der Waals surface area contributed by atoms with Gasteiger partial charge in [0.05, 0.1) is 29.8 Å². The fraction of sp³-hybridized carbons (Fsp3) is 0.250. The number of imidazole rings is 1. The van der Waals surface area contributed by atoms with Crippen molar-refractivity contribution in [2.45, 2.75) is 26.1 Å². The summed E-state index contributed by atoms with van der Waals surface area (Å²) in [6.07, 6.45) is 0.808. The van der Waals surface area contributed by atoms with E-state index in [9.17, 15) is 4.79 Å². The molecule has 32 heavy (non-hydrogen) atoms. The Kier molecular flexibility index (Phi) is 5.07. The van der Waals surface area contributed by atoms with Gasteiger partial charge < -0.3 is 14.8 Å². The molecule has 0 bridgehead atoms. The molecule has 4 aromatic rings. The van der Waals surface area contributed by atoms with Gasteiger partial charge in [-0.2, -0.15) is 10.4 Å². The molecule has 5 rings (SSSR count). The molecule has 1 N–H and O–H groups in total. The minimum atomic E-state index is -0.0138. The predicted octanol–water partition coefficient (Wildman–Crippen LogP) is 3.30. The molecule has 1 aliphatic rings. The van der Waals surface area contributed by atoms with Crippen LogP contribution in [0.2, 0.25) is 0 Å². The number of fused-ring (bicyclic) bond motifs is 2. The molecule has 3 heterocycles. The lowest BCUT2D eigenvalue weighted by Crippen LogP contribution is -2.30. The smallest absolute Gasteiger partial charge is 0.254 e. The Morgan fingerprint density at radius 3 is 2.75 bits per heavy atom. The molecule has 8 nitrogen and oxygen atoms in total. The zero-order chi connectivity index (χ0) is 22.1. The number of aromatic nitrogens is 4. The second-order valence-corrected chi connectivity index (χ2v) is 7.94. The molecular weight excluding hydrogens is 402 g/mol. The molecule has 0 aliphatic carbocycles. The maximum atomic E-state index is 13.1. The number of nitriles is 1. The summed E-state index contributed by atoms with van der Waals surface area (Å²) in [6, 6.07) is 19.4. The Labute approximate surface area is 185 Å². The van der Waals surface area contributed by atoms with Gasteiger partial charge in [0.25, 0.3) is 5.91 Å². The number of amides is 1. The molecule has 0 saturated carbocycles.